The molecule has 17 nitrogen and oxygen atoms in total. The number of carbonyl (C=O) groups is 4. The Kier molecular flexibility index (Phi) is 15.0. The van der Waals surface area contributed by atoms with Gasteiger partial charge in [-0.05, 0) is 120 Å². The van der Waals surface area contributed by atoms with E-state index in [1.807, 2.05) is 77.7 Å². The summed E-state index contributed by atoms with van der Waals surface area (Å²) in [6.07, 6.45) is 2.35. The summed E-state index contributed by atoms with van der Waals surface area (Å²) in [6.45, 7) is 1.72. The number of nitrogens with zero attached hydrogens (tertiary/aromatic N) is 4. The number of imide groups is 1. The quantitative estimate of drug-likeness (QED) is 0.0344. The van der Waals surface area contributed by atoms with Gasteiger partial charge in [-0.15, -0.1) is 0 Å². The number of ether oxygens (including phenoxy) is 4. The lowest BCUT2D eigenvalue weighted by molar-refractivity contribution is -0.384. The largest absolute Gasteiger partial charge is 0.491 e. The molecule has 4 aliphatic heterocycles. The van der Waals surface area contributed by atoms with Crippen LogP contribution in [-0.4, -0.2) is 95.1 Å². The van der Waals surface area contributed by atoms with Gasteiger partial charge in [-0.25, -0.2) is 9.69 Å². The van der Waals surface area contributed by atoms with E-state index in [-0.39, 0.29) is 36.8 Å². The van der Waals surface area contributed by atoms with Gasteiger partial charge in [-0.1, -0.05) is 97.5 Å². The van der Waals surface area contributed by atoms with E-state index in [0.29, 0.717) is 78.4 Å². The number of hydrogen-bond acceptors (Lipinski definition) is 14. The number of morpholine rings is 2. The Morgan fingerprint density at radius 3 is 2.15 bits per heavy atom. The van der Waals surface area contributed by atoms with Crippen LogP contribution in [0.1, 0.15) is 90.1 Å². The van der Waals surface area contributed by atoms with Crippen molar-refractivity contribution in [1.82, 2.24) is 4.90 Å². The van der Waals surface area contributed by atoms with E-state index in [4.69, 9.17) is 18.9 Å². The van der Waals surface area contributed by atoms with Crippen molar-refractivity contribution in [2.75, 3.05) is 54.6 Å². The fourth-order valence-electron chi connectivity index (χ4n) is 12.3. The zero-order valence-electron chi connectivity index (χ0n) is 43.3. The summed E-state index contributed by atoms with van der Waals surface area (Å²) in [5, 5.41) is 36.4. The first-order chi connectivity index (χ1) is 38.5. The predicted octanol–water partition coefficient (Wildman–Crippen LogP) is 8.88. The normalized spacial score (nSPS) is 23.3. The summed E-state index contributed by atoms with van der Waals surface area (Å²) in [6, 6.07) is 39.6. The van der Waals surface area contributed by atoms with Crippen molar-refractivity contribution in [1.29, 1.82) is 0 Å². The number of rotatable bonds is 12. The third-order valence-electron chi connectivity index (χ3n) is 15.8. The van der Waals surface area contributed by atoms with Crippen molar-refractivity contribution in [3.05, 3.63) is 195 Å². The number of aliphatic hydroxyl groups is 2. The van der Waals surface area contributed by atoms with Crippen molar-refractivity contribution in [2.45, 2.75) is 80.4 Å². The first kappa shape index (κ1) is 52.6. The Morgan fingerprint density at radius 2 is 1.47 bits per heavy atom. The maximum Gasteiger partial charge on any atom is 0.421 e. The van der Waals surface area contributed by atoms with Crippen molar-refractivity contribution in [3.63, 3.8) is 0 Å². The van der Waals surface area contributed by atoms with Gasteiger partial charge in [0.15, 0.2) is 0 Å². The number of cyclic esters (lactones) is 1. The van der Waals surface area contributed by atoms with E-state index in [1.54, 1.807) is 54.6 Å². The fourth-order valence-corrected chi connectivity index (χ4v) is 12.3. The second kappa shape index (κ2) is 22.5. The number of carbonyl (C=O) groups excluding carboxylic acids is 4. The number of aliphatic hydroxyl groups excluding tert-OH is 1. The van der Waals surface area contributed by atoms with Crippen LogP contribution in [-0.2, 0) is 40.6 Å². The number of nitro groups is 1. The zero-order chi connectivity index (χ0) is 54.7. The fraction of sp³-hybridized carbons (Fsp3) is 0.323. The highest BCUT2D eigenvalue weighted by Crippen LogP contribution is 2.66. The lowest BCUT2D eigenvalue weighted by atomic mass is 9.65. The van der Waals surface area contributed by atoms with E-state index in [1.165, 1.54) is 24.3 Å². The Balaban J connectivity index is 1.15. The molecule has 5 aliphatic rings. The van der Waals surface area contributed by atoms with Crippen molar-refractivity contribution >= 4 is 46.6 Å². The van der Waals surface area contributed by atoms with Crippen LogP contribution in [0, 0.1) is 27.9 Å². The molecule has 0 radical (unpaired) electrons. The topological polar surface area (TPSA) is 211 Å². The number of non-ortho nitro benzene ring substituents is 1. The van der Waals surface area contributed by atoms with Crippen molar-refractivity contribution in [2.24, 2.45) is 5.92 Å². The average molecular weight is 1070 g/mol. The summed E-state index contributed by atoms with van der Waals surface area (Å²) in [5.74, 6) is 2.63. The number of nitro benzene ring substituents is 1. The molecular formula is C62H59N5O12. The lowest BCUT2D eigenvalue weighted by Crippen LogP contribution is -2.54. The molecule has 3 saturated heterocycles. The maximum atomic E-state index is 16.9. The molecule has 0 bridgehead atoms. The summed E-state index contributed by atoms with van der Waals surface area (Å²) in [4.78, 5) is 79.9. The van der Waals surface area contributed by atoms with Crippen LogP contribution in [0.2, 0.25) is 0 Å². The number of hydrogen-bond donors (Lipinski definition) is 3. The number of nitrogens with one attached hydrogen (secondary N) is 1. The van der Waals surface area contributed by atoms with Crippen LogP contribution in [0.5, 0.6) is 5.75 Å². The van der Waals surface area contributed by atoms with Gasteiger partial charge < -0.3 is 39.4 Å². The lowest BCUT2D eigenvalue weighted by Gasteiger charge is -2.46. The second-order valence-corrected chi connectivity index (χ2v) is 20.6. The smallest absolute Gasteiger partial charge is 0.421 e. The highest BCUT2D eigenvalue weighted by molar-refractivity contribution is 6.24. The summed E-state index contributed by atoms with van der Waals surface area (Å²) < 4.78 is 24.2. The third-order valence-corrected chi connectivity index (χ3v) is 15.8. The Hall–Kier alpha value is -8.40. The molecule has 3 N–H and O–H groups in total. The molecule has 1 saturated carbocycles. The van der Waals surface area contributed by atoms with E-state index < -0.39 is 70.0 Å². The number of fused-ring (bicyclic) bond motifs is 3. The molecule has 3 amide bonds. The molecule has 404 valence electrons. The van der Waals surface area contributed by atoms with Crippen molar-refractivity contribution < 1.29 is 53.3 Å². The van der Waals surface area contributed by atoms with E-state index >= 15 is 19.2 Å². The maximum absolute atomic E-state index is 16.9. The molecule has 1 aliphatic carbocycles. The Labute approximate surface area is 456 Å². The van der Waals surface area contributed by atoms with Gasteiger partial charge in [0.25, 0.3) is 5.69 Å². The zero-order valence-corrected chi connectivity index (χ0v) is 43.3. The van der Waals surface area contributed by atoms with Crippen LogP contribution < -0.4 is 19.9 Å². The van der Waals surface area contributed by atoms with Crippen LogP contribution >= 0.6 is 0 Å². The van der Waals surface area contributed by atoms with Gasteiger partial charge in [0.2, 0.25) is 11.8 Å². The molecule has 17 heteroatoms. The van der Waals surface area contributed by atoms with Crippen LogP contribution in [0.15, 0.2) is 152 Å². The molecule has 6 aromatic carbocycles. The highest BCUT2D eigenvalue weighted by atomic mass is 16.6. The first-order valence-electron chi connectivity index (χ1n) is 26.8. The van der Waals surface area contributed by atoms with Crippen LogP contribution in [0.4, 0.5) is 27.5 Å². The van der Waals surface area contributed by atoms with E-state index in [2.05, 4.69) is 22.1 Å². The molecule has 1 spiro atoms. The van der Waals surface area contributed by atoms with Crippen LogP contribution in [0.3, 0.4) is 0 Å². The van der Waals surface area contributed by atoms with Gasteiger partial charge in [-0.2, -0.15) is 0 Å². The van der Waals surface area contributed by atoms with Gasteiger partial charge in [0.05, 0.1) is 48.4 Å². The molecule has 4 fully saturated rings. The van der Waals surface area contributed by atoms with Gasteiger partial charge in [0, 0.05) is 42.2 Å². The molecule has 6 aromatic rings. The van der Waals surface area contributed by atoms with Crippen molar-refractivity contribution in [3.8, 4) is 17.6 Å². The molecule has 6 atom stereocenters. The molecule has 4 heterocycles. The standard InChI is InChI=1S/C62H59N5O12/c68-34-37-77-49-17-11-16-45(39-49)56-62(50-38-41(28-31-61(73)29-9-1-2-10-30-61)20-27-51(50)65(59(62)71)60(72)78-40-42-18-23-48(24-19-42)67(74)75)52(57(69)63-46-21-25-47(26-22-46)64-32-35-76-36-33-64)54-58(70)79-55(44-14-7-4-8-15-44)53(66(54)56)43-12-5-3-6-13-43/h3-8,11-27,38-39,52-56,68,73H,1-2,9-10,29-30,32-37,40H2,(H,63,69). The average Bonchev–Trinajstić information content (AvgIpc) is 2.26. The minimum Gasteiger partial charge on any atom is -0.491 e. The van der Waals surface area contributed by atoms with Crippen LogP contribution in [0.25, 0.3) is 0 Å². The Morgan fingerprint density at radius 1 is 0.785 bits per heavy atom. The number of benzene rings is 6. The third kappa shape index (κ3) is 10.2. The second-order valence-electron chi connectivity index (χ2n) is 20.6. The minimum atomic E-state index is -2.20. The van der Waals surface area contributed by atoms with Gasteiger partial charge in [-0.3, -0.25) is 29.4 Å². The summed E-state index contributed by atoms with van der Waals surface area (Å²) in [7, 11) is 0. The van der Waals surface area contributed by atoms with E-state index in [0.717, 1.165) is 36.3 Å². The summed E-state index contributed by atoms with van der Waals surface area (Å²) in [5.41, 5.74) is 0.412. The van der Waals surface area contributed by atoms with Gasteiger partial charge in [0.1, 0.15) is 42.1 Å². The summed E-state index contributed by atoms with van der Waals surface area (Å²) >= 11 is 0. The monoisotopic (exact) mass is 1070 g/mol. The highest BCUT2D eigenvalue weighted by Gasteiger charge is 2.76. The molecular weight excluding hydrogens is 1010 g/mol. The first-order valence-corrected chi connectivity index (χ1v) is 26.8. The molecule has 11 rings (SSSR count). The number of anilines is 3. The SMILES string of the molecule is O=C1OC(c2ccccc2)C(c2ccccc2)N2C1C(C(=O)Nc1ccc(N3CCOCC3)cc1)C1(C(=O)N(C(=O)OCc3ccc([N+](=O)[O-])cc3)c3ccc(C#CC4(O)CCCCCC4)cc31)C2c1cccc(OCCO)c1. The Bertz CT molecular complexity index is 3300. The molecule has 79 heavy (non-hydrogen) atoms. The van der Waals surface area contributed by atoms with Gasteiger partial charge >= 0.3 is 12.1 Å². The molecule has 0 aromatic heterocycles. The number of amides is 3. The minimum absolute atomic E-state index is 0.0619. The van der Waals surface area contributed by atoms with E-state index in [9.17, 15) is 20.3 Å². The predicted molar refractivity (Wildman–Crippen MR) is 292 cm³/mol. The number of esters is 1. The molecule has 6 unspecified atom stereocenters.